The molecule has 0 aromatic heterocycles. The summed E-state index contributed by atoms with van der Waals surface area (Å²) in [4.78, 5) is 23.1. The van der Waals surface area contributed by atoms with Gasteiger partial charge in [-0.1, -0.05) is 220 Å². The molecule has 0 aliphatic heterocycles. The Bertz CT molecular complexity index is 1390. The molecule has 0 aromatic rings. The van der Waals surface area contributed by atoms with Crippen molar-refractivity contribution in [3.05, 3.63) is 97.2 Å². The molecule has 1 amide bonds. The summed E-state index contributed by atoms with van der Waals surface area (Å²) in [5.74, 6) is -0.185. The molecule has 3 N–H and O–H groups in total. The number of phosphoric ester groups is 1. The standard InChI is InChI=1S/C57H101N2O6P/c1-6-8-10-12-14-15-16-17-18-19-20-21-22-23-24-25-26-27-28-29-30-31-32-33-34-35-36-37-38-39-40-41-42-43-45-47-49-51-57(61)58-55(56(60)50-48-46-44-13-11-9-7-2)54-65-66(62,63)64-53-52-59(3,4)5/h8,10,14-15,17-18,20-21,23-24,26-27,29-30,48,50,55-56,60H,6-7,9,11-13,16,19,22,25,28,31-47,49,51-54H2,1-5H3,(H-,58,61,62,63)/p+1/b10-8-,15-14-,18-17-,21-20-,24-23-,27-26-,30-29-,50-48+. The van der Waals surface area contributed by atoms with Gasteiger partial charge in [0, 0.05) is 6.42 Å². The van der Waals surface area contributed by atoms with Crippen molar-refractivity contribution in [1.82, 2.24) is 5.32 Å². The first kappa shape index (κ1) is 63.4. The molecule has 0 aromatic carbocycles. The van der Waals surface area contributed by atoms with E-state index in [0.29, 0.717) is 17.4 Å². The Labute approximate surface area is 407 Å². The van der Waals surface area contributed by atoms with Crippen molar-refractivity contribution in [1.29, 1.82) is 0 Å². The summed E-state index contributed by atoms with van der Waals surface area (Å²) in [6, 6.07) is -0.847. The fraction of sp³-hybridized carbons (Fsp3) is 0.702. The van der Waals surface area contributed by atoms with Gasteiger partial charge in [0.25, 0.3) is 0 Å². The monoisotopic (exact) mass is 942 g/mol. The fourth-order valence-electron chi connectivity index (χ4n) is 7.14. The molecule has 0 fully saturated rings. The first-order valence-electron chi connectivity index (χ1n) is 26.6. The third-order valence-electron chi connectivity index (χ3n) is 11.3. The molecule has 380 valence electrons. The Morgan fingerprint density at radius 1 is 0.530 bits per heavy atom. The van der Waals surface area contributed by atoms with Crippen LogP contribution < -0.4 is 5.32 Å². The van der Waals surface area contributed by atoms with Crippen LogP contribution in [0.3, 0.4) is 0 Å². The highest BCUT2D eigenvalue weighted by Crippen LogP contribution is 2.43. The highest BCUT2D eigenvalue weighted by molar-refractivity contribution is 7.47. The number of nitrogens with one attached hydrogen (secondary N) is 1. The molecular weight excluding hydrogens is 840 g/mol. The minimum atomic E-state index is -4.33. The number of hydrogen-bond donors (Lipinski definition) is 3. The zero-order valence-corrected chi connectivity index (χ0v) is 44.0. The Morgan fingerprint density at radius 3 is 1.33 bits per heavy atom. The number of allylic oxidation sites excluding steroid dienone is 15. The Kier molecular flexibility index (Phi) is 45.6. The highest BCUT2D eigenvalue weighted by atomic mass is 31.2. The number of quaternary nitrogens is 1. The van der Waals surface area contributed by atoms with Crippen LogP contribution in [0.4, 0.5) is 0 Å². The average molecular weight is 942 g/mol. The number of nitrogens with zero attached hydrogens (tertiary/aromatic N) is 1. The summed E-state index contributed by atoms with van der Waals surface area (Å²) in [5, 5.41) is 13.7. The van der Waals surface area contributed by atoms with Crippen LogP contribution in [0.1, 0.15) is 206 Å². The van der Waals surface area contributed by atoms with Crippen molar-refractivity contribution in [3.63, 3.8) is 0 Å². The van der Waals surface area contributed by atoms with Crippen LogP contribution in [-0.4, -0.2) is 73.4 Å². The predicted molar refractivity (Wildman–Crippen MR) is 286 cm³/mol. The lowest BCUT2D eigenvalue weighted by Gasteiger charge is -2.25. The van der Waals surface area contributed by atoms with E-state index in [9.17, 15) is 19.4 Å². The van der Waals surface area contributed by atoms with E-state index in [1.165, 1.54) is 103 Å². The van der Waals surface area contributed by atoms with Gasteiger partial charge in [-0.25, -0.2) is 4.57 Å². The zero-order chi connectivity index (χ0) is 48.5. The smallest absolute Gasteiger partial charge is 0.387 e. The fourth-order valence-corrected chi connectivity index (χ4v) is 7.87. The van der Waals surface area contributed by atoms with E-state index in [4.69, 9.17) is 9.05 Å². The van der Waals surface area contributed by atoms with E-state index in [0.717, 1.165) is 83.5 Å². The molecule has 0 rings (SSSR count). The maximum Gasteiger partial charge on any atom is 0.472 e. The Morgan fingerprint density at radius 2 is 0.909 bits per heavy atom. The lowest BCUT2D eigenvalue weighted by molar-refractivity contribution is -0.870. The molecule has 0 aliphatic carbocycles. The minimum absolute atomic E-state index is 0.0580. The van der Waals surface area contributed by atoms with Gasteiger partial charge in [0.15, 0.2) is 0 Å². The second kappa shape index (κ2) is 47.5. The molecule has 0 bridgehead atoms. The molecule has 0 aliphatic rings. The molecule has 0 heterocycles. The minimum Gasteiger partial charge on any atom is -0.387 e. The number of aliphatic hydroxyl groups is 1. The summed E-state index contributed by atoms with van der Waals surface area (Å²) >= 11 is 0. The molecule has 3 unspecified atom stereocenters. The van der Waals surface area contributed by atoms with Gasteiger partial charge in [-0.15, -0.1) is 0 Å². The quantitative estimate of drug-likeness (QED) is 0.0243. The SMILES string of the molecule is CC/C=C\C/C=C\C/C=C\C/C=C\C/C=C\C/C=C\C/C=C\CCCCCCCCCCCCCCCCCC(=O)NC(COP(=O)(O)OCC[N+](C)(C)C)C(O)/C=C/CCCCCCC. The zero-order valence-electron chi connectivity index (χ0n) is 43.1. The number of rotatable bonds is 47. The van der Waals surface area contributed by atoms with Crippen molar-refractivity contribution in [2.24, 2.45) is 0 Å². The number of aliphatic hydroxyl groups excluding tert-OH is 1. The number of unbranched alkanes of at least 4 members (excludes halogenated alkanes) is 20. The molecule has 3 atom stereocenters. The van der Waals surface area contributed by atoms with Crippen LogP contribution in [0.5, 0.6) is 0 Å². The first-order valence-corrected chi connectivity index (χ1v) is 28.1. The number of carbonyl (C=O) groups is 1. The van der Waals surface area contributed by atoms with E-state index >= 15 is 0 Å². The number of amides is 1. The summed E-state index contributed by atoms with van der Waals surface area (Å²) < 4.78 is 23.5. The Balaban J connectivity index is 3.91. The second-order valence-corrected chi connectivity index (χ2v) is 20.3. The van der Waals surface area contributed by atoms with Crippen molar-refractivity contribution >= 4 is 13.7 Å². The molecule has 66 heavy (non-hydrogen) atoms. The summed E-state index contributed by atoms with van der Waals surface area (Å²) in [7, 11) is 1.56. The van der Waals surface area contributed by atoms with Gasteiger partial charge < -0.3 is 19.8 Å². The molecule has 0 radical (unpaired) electrons. The maximum atomic E-state index is 12.9. The predicted octanol–water partition coefficient (Wildman–Crippen LogP) is 15.9. The van der Waals surface area contributed by atoms with E-state index in [1.54, 1.807) is 6.08 Å². The van der Waals surface area contributed by atoms with Crippen LogP contribution in [0.25, 0.3) is 0 Å². The number of hydrogen-bond acceptors (Lipinski definition) is 5. The van der Waals surface area contributed by atoms with E-state index < -0.39 is 20.0 Å². The van der Waals surface area contributed by atoms with E-state index in [1.807, 2.05) is 27.2 Å². The van der Waals surface area contributed by atoms with Gasteiger partial charge in [0.2, 0.25) is 5.91 Å². The van der Waals surface area contributed by atoms with Crippen molar-refractivity contribution in [2.45, 2.75) is 219 Å². The first-order chi connectivity index (χ1) is 32.0. The van der Waals surface area contributed by atoms with Crippen LogP contribution in [0, 0.1) is 0 Å². The summed E-state index contributed by atoms with van der Waals surface area (Å²) in [5.41, 5.74) is 0. The largest absolute Gasteiger partial charge is 0.472 e. The van der Waals surface area contributed by atoms with Crippen molar-refractivity contribution in [2.75, 3.05) is 40.9 Å². The maximum absolute atomic E-state index is 12.9. The van der Waals surface area contributed by atoms with E-state index in [-0.39, 0.29) is 19.1 Å². The van der Waals surface area contributed by atoms with Crippen LogP contribution in [0.2, 0.25) is 0 Å². The third-order valence-corrected chi connectivity index (χ3v) is 12.3. The summed E-state index contributed by atoms with van der Waals surface area (Å²) in [6.45, 7) is 4.62. The number of likely N-dealkylation sites (N-methyl/N-ethyl adjacent to an activating group) is 1. The van der Waals surface area contributed by atoms with Crippen LogP contribution in [-0.2, 0) is 18.4 Å². The normalized spacial score (nSPS) is 14.8. The Hall–Kier alpha value is -2.58. The van der Waals surface area contributed by atoms with Gasteiger partial charge in [-0.3, -0.25) is 13.8 Å². The molecule has 0 saturated heterocycles. The molecular formula is C57H102N2O6P+. The van der Waals surface area contributed by atoms with Crippen molar-refractivity contribution < 1.29 is 32.9 Å². The topological polar surface area (TPSA) is 105 Å². The van der Waals surface area contributed by atoms with Gasteiger partial charge in [0.1, 0.15) is 13.2 Å². The van der Waals surface area contributed by atoms with Gasteiger partial charge in [-0.05, 0) is 77.0 Å². The van der Waals surface area contributed by atoms with Crippen LogP contribution >= 0.6 is 7.82 Å². The van der Waals surface area contributed by atoms with Gasteiger partial charge >= 0.3 is 7.82 Å². The molecule has 8 nitrogen and oxygen atoms in total. The van der Waals surface area contributed by atoms with E-state index in [2.05, 4.69) is 104 Å². The second-order valence-electron chi connectivity index (χ2n) is 18.9. The average Bonchev–Trinajstić information content (AvgIpc) is 3.28. The number of phosphoric acid groups is 1. The lowest BCUT2D eigenvalue weighted by atomic mass is 10.0. The van der Waals surface area contributed by atoms with Crippen molar-refractivity contribution in [3.8, 4) is 0 Å². The van der Waals surface area contributed by atoms with Gasteiger partial charge in [-0.2, -0.15) is 0 Å². The molecule has 0 spiro atoms. The highest BCUT2D eigenvalue weighted by Gasteiger charge is 2.27. The molecule has 0 saturated carbocycles. The molecule has 9 heteroatoms. The third kappa shape index (κ3) is 49.3. The van der Waals surface area contributed by atoms with Crippen LogP contribution in [0.15, 0.2) is 97.2 Å². The lowest BCUT2D eigenvalue weighted by Crippen LogP contribution is -2.45. The summed E-state index contributed by atoms with van der Waals surface area (Å²) in [6.07, 6.45) is 68.2. The van der Waals surface area contributed by atoms with Gasteiger partial charge in [0.05, 0.1) is 39.9 Å². The number of carbonyl (C=O) groups excluding carboxylic acids is 1.